The number of amides is 1. The van der Waals surface area contributed by atoms with Crippen molar-refractivity contribution in [2.45, 2.75) is 12.3 Å². The van der Waals surface area contributed by atoms with E-state index in [-0.39, 0.29) is 17.9 Å². The molecule has 1 unspecified atom stereocenters. The molecule has 0 spiro atoms. The Hall–Kier alpha value is -3.09. The van der Waals surface area contributed by atoms with Crippen molar-refractivity contribution >= 4 is 11.7 Å². The minimum atomic E-state index is -0.992. The van der Waals surface area contributed by atoms with E-state index in [1.165, 1.54) is 41.2 Å². The summed E-state index contributed by atoms with van der Waals surface area (Å²) in [5.74, 6) is -3.14. The predicted octanol–water partition coefficient (Wildman–Crippen LogP) is 3.76. The van der Waals surface area contributed by atoms with Crippen LogP contribution in [0.1, 0.15) is 23.6 Å². The van der Waals surface area contributed by atoms with E-state index in [0.717, 1.165) is 6.07 Å². The number of aromatic nitrogens is 2. The molecule has 2 heterocycles. The highest BCUT2D eigenvalue weighted by Gasteiger charge is 2.33. The third-order valence-corrected chi connectivity index (χ3v) is 4.22. The van der Waals surface area contributed by atoms with Gasteiger partial charge in [0.15, 0.2) is 11.6 Å². The highest BCUT2D eigenvalue weighted by Crippen LogP contribution is 2.38. The molecule has 0 saturated carbocycles. The number of imidazole rings is 1. The van der Waals surface area contributed by atoms with E-state index < -0.39 is 23.4 Å². The summed E-state index contributed by atoms with van der Waals surface area (Å²) in [6, 6.07) is 9.63. The van der Waals surface area contributed by atoms with E-state index >= 15 is 0 Å². The standard InChI is InChI=1S/C18H12F3N3O/c19-10-3-1-4-11(7-10)24-9-22-17-13(8-15(25)23-18(17)24)12-5-2-6-14(20)16(12)21/h1-7,9,13H,8H2,(H,23,25). The lowest BCUT2D eigenvalue weighted by atomic mass is 9.89. The number of halogens is 3. The number of fused-ring (bicyclic) bond motifs is 1. The lowest BCUT2D eigenvalue weighted by molar-refractivity contribution is -0.116. The summed E-state index contributed by atoms with van der Waals surface area (Å²) in [6.07, 6.45) is 1.38. The SMILES string of the molecule is O=C1CC(c2cccc(F)c2F)c2ncn(-c3cccc(F)c3)c2N1. The van der Waals surface area contributed by atoms with Gasteiger partial charge in [0.1, 0.15) is 18.0 Å². The van der Waals surface area contributed by atoms with E-state index in [0.29, 0.717) is 17.2 Å². The number of nitrogens with zero attached hydrogens (tertiary/aromatic N) is 2. The second-order valence-corrected chi connectivity index (χ2v) is 5.78. The second kappa shape index (κ2) is 5.77. The molecule has 126 valence electrons. The van der Waals surface area contributed by atoms with Gasteiger partial charge in [-0.15, -0.1) is 0 Å². The molecule has 1 N–H and O–H groups in total. The monoisotopic (exact) mass is 343 g/mol. The van der Waals surface area contributed by atoms with E-state index in [2.05, 4.69) is 10.3 Å². The Labute approximate surface area is 140 Å². The van der Waals surface area contributed by atoms with Gasteiger partial charge >= 0.3 is 0 Å². The van der Waals surface area contributed by atoms with Crippen LogP contribution in [0.4, 0.5) is 19.0 Å². The quantitative estimate of drug-likeness (QED) is 0.770. The van der Waals surface area contributed by atoms with Crippen LogP contribution in [0.3, 0.4) is 0 Å². The van der Waals surface area contributed by atoms with Crippen LogP contribution < -0.4 is 5.32 Å². The molecule has 7 heteroatoms. The van der Waals surface area contributed by atoms with Crippen LogP contribution in [0.2, 0.25) is 0 Å². The molecule has 4 nitrogen and oxygen atoms in total. The van der Waals surface area contributed by atoms with Gasteiger partial charge in [-0.1, -0.05) is 18.2 Å². The summed E-state index contributed by atoms with van der Waals surface area (Å²) in [7, 11) is 0. The molecule has 0 saturated heterocycles. The first-order chi connectivity index (χ1) is 12.0. The highest BCUT2D eigenvalue weighted by atomic mass is 19.2. The molecule has 4 rings (SSSR count). The van der Waals surface area contributed by atoms with Crippen LogP contribution in [-0.2, 0) is 4.79 Å². The molecule has 2 aromatic carbocycles. The van der Waals surface area contributed by atoms with Gasteiger partial charge in [-0.3, -0.25) is 9.36 Å². The number of carbonyl (C=O) groups is 1. The van der Waals surface area contributed by atoms with Crippen molar-refractivity contribution in [2.24, 2.45) is 0 Å². The van der Waals surface area contributed by atoms with Crippen molar-refractivity contribution in [3.8, 4) is 5.69 Å². The number of nitrogens with one attached hydrogen (secondary N) is 1. The largest absolute Gasteiger partial charge is 0.310 e. The fraction of sp³-hybridized carbons (Fsp3) is 0.111. The molecular formula is C18H12F3N3O. The number of anilines is 1. The van der Waals surface area contributed by atoms with Gasteiger partial charge in [0.05, 0.1) is 11.4 Å². The fourth-order valence-corrected chi connectivity index (χ4v) is 3.08. The number of benzene rings is 2. The summed E-state index contributed by atoms with van der Waals surface area (Å²) >= 11 is 0. The maximum Gasteiger partial charge on any atom is 0.226 e. The maximum atomic E-state index is 14.2. The van der Waals surface area contributed by atoms with Crippen molar-refractivity contribution in [2.75, 3.05) is 5.32 Å². The molecule has 3 aromatic rings. The van der Waals surface area contributed by atoms with E-state index in [1.807, 2.05) is 0 Å². The first-order valence-electron chi connectivity index (χ1n) is 7.61. The molecule has 1 aromatic heterocycles. The number of rotatable bonds is 2. The van der Waals surface area contributed by atoms with Gasteiger partial charge in [-0.2, -0.15) is 0 Å². The molecule has 0 fully saturated rings. The molecule has 1 atom stereocenters. The Morgan fingerprint density at radius 3 is 2.72 bits per heavy atom. The maximum absolute atomic E-state index is 14.2. The van der Waals surface area contributed by atoms with Crippen LogP contribution in [0.5, 0.6) is 0 Å². The van der Waals surface area contributed by atoms with E-state index in [4.69, 9.17) is 0 Å². The van der Waals surface area contributed by atoms with Crippen LogP contribution in [0, 0.1) is 17.5 Å². The van der Waals surface area contributed by atoms with Crippen molar-refractivity contribution in [3.05, 3.63) is 77.5 Å². The lowest BCUT2D eigenvalue weighted by Gasteiger charge is -2.23. The number of hydrogen-bond donors (Lipinski definition) is 1. The summed E-state index contributed by atoms with van der Waals surface area (Å²) in [4.78, 5) is 16.4. The Morgan fingerprint density at radius 1 is 1.12 bits per heavy atom. The zero-order chi connectivity index (χ0) is 17.6. The average Bonchev–Trinajstić information content (AvgIpc) is 3.00. The number of carbonyl (C=O) groups excluding carboxylic acids is 1. The van der Waals surface area contributed by atoms with Crippen LogP contribution in [0.15, 0.2) is 48.8 Å². The summed E-state index contributed by atoms with van der Waals surface area (Å²) < 4.78 is 42.8. The predicted molar refractivity (Wildman–Crippen MR) is 85.0 cm³/mol. The Balaban J connectivity index is 1.86. The van der Waals surface area contributed by atoms with Gasteiger partial charge < -0.3 is 5.32 Å². The lowest BCUT2D eigenvalue weighted by Crippen LogP contribution is -2.25. The molecule has 0 radical (unpaired) electrons. The van der Waals surface area contributed by atoms with Crippen LogP contribution in [-0.4, -0.2) is 15.5 Å². The molecule has 0 aliphatic carbocycles. The average molecular weight is 343 g/mol. The summed E-state index contributed by atoms with van der Waals surface area (Å²) in [6.45, 7) is 0. The zero-order valence-electron chi connectivity index (χ0n) is 12.8. The summed E-state index contributed by atoms with van der Waals surface area (Å²) in [5, 5.41) is 2.68. The summed E-state index contributed by atoms with van der Waals surface area (Å²) in [5.41, 5.74) is 0.948. The molecule has 1 aliphatic heterocycles. The molecule has 1 aliphatic rings. The Bertz CT molecular complexity index is 983. The third kappa shape index (κ3) is 2.57. The third-order valence-electron chi connectivity index (χ3n) is 4.22. The Morgan fingerprint density at radius 2 is 1.92 bits per heavy atom. The number of hydrogen-bond acceptors (Lipinski definition) is 2. The van der Waals surface area contributed by atoms with Crippen molar-refractivity contribution in [1.82, 2.24) is 9.55 Å². The van der Waals surface area contributed by atoms with Gasteiger partial charge in [0.2, 0.25) is 5.91 Å². The van der Waals surface area contributed by atoms with Crippen molar-refractivity contribution in [1.29, 1.82) is 0 Å². The topological polar surface area (TPSA) is 46.9 Å². The van der Waals surface area contributed by atoms with Gasteiger partial charge in [0.25, 0.3) is 0 Å². The van der Waals surface area contributed by atoms with E-state index in [1.54, 1.807) is 6.07 Å². The molecule has 25 heavy (non-hydrogen) atoms. The molecular weight excluding hydrogens is 331 g/mol. The van der Waals surface area contributed by atoms with Crippen LogP contribution in [0.25, 0.3) is 5.69 Å². The molecule has 0 bridgehead atoms. The van der Waals surface area contributed by atoms with E-state index in [9.17, 15) is 18.0 Å². The van der Waals surface area contributed by atoms with Gasteiger partial charge in [0, 0.05) is 17.9 Å². The first kappa shape index (κ1) is 15.4. The Kier molecular flexibility index (Phi) is 3.56. The van der Waals surface area contributed by atoms with Crippen molar-refractivity contribution < 1.29 is 18.0 Å². The molecule has 1 amide bonds. The fourth-order valence-electron chi connectivity index (χ4n) is 3.08. The van der Waals surface area contributed by atoms with Crippen molar-refractivity contribution in [3.63, 3.8) is 0 Å². The van der Waals surface area contributed by atoms with Crippen LogP contribution >= 0.6 is 0 Å². The van der Waals surface area contributed by atoms with Gasteiger partial charge in [-0.25, -0.2) is 18.2 Å². The highest BCUT2D eigenvalue weighted by molar-refractivity contribution is 5.94. The first-order valence-corrected chi connectivity index (χ1v) is 7.61. The minimum Gasteiger partial charge on any atom is -0.310 e. The minimum absolute atomic E-state index is 0.0481. The second-order valence-electron chi connectivity index (χ2n) is 5.78. The smallest absolute Gasteiger partial charge is 0.226 e. The zero-order valence-corrected chi connectivity index (χ0v) is 12.8. The van der Waals surface area contributed by atoms with Gasteiger partial charge in [-0.05, 0) is 24.3 Å². The normalized spacial score (nSPS) is 16.4.